The van der Waals surface area contributed by atoms with E-state index in [1.54, 1.807) is 46.8 Å². The maximum Gasteiger partial charge on any atom is 0.326 e. The number of aromatic hydroxyl groups is 1. The minimum atomic E-state index is -1.38. The molecule has 1 aromatic rings. The van der Waals surface area contributed by atoms with Crippen LogP contribution in [0.5, 0.6) is 5.75 Å². The van der Waals surface area contributed by atoms with Crippen molar-refractivity contribution in [3.05, 3.63) is 42.0 Å². The number of carbonyl (C=O) groups is 12. The van der Waals surface area contributed by atoms with Gasteiger partial charge in [-0.05, 0) is 119 Å². The summed E-state index contributed by atoms with van der Waals surface area (Å²) in [6.07, 6.45) is 6.83. The highest BCUT2D eigenvalue weighted by atomic mass is 16.4. The average molecular weight is 1290 g/mol. The quantitative estimate of drug-likeness (QED) is 0.0169. The predicted molar refractivity (Wildman–Crippen MR) is 341 cm³/mol. The van der Waals surface area contributed by atoms with Gasteiger partial charge in [0.2, 0.25) is 53.2 Å². The summed E-state index contributed by atoms with van der Waals surface area (Å²) in [5.41, 5.74) is 22.0. The van der Waals surface area contributed by atoms with E-state index in [2.05, 4.69) is 41.9 Å². The molecule has 11 amide bonds. The van der Waals surface area contributed by atoms with E-state index in [0.717, 1.165) is 4.90 Å². The molecule has 3 aliphatic heterocycles. The highest BCUT2D eigenvalue weighted by Gasteiger charge is 2.44. The van der Waals surface area contributed by atoms with Crippen molar-refractivity contribution in [2.75, 3.05) is 46.3 Å². The number of hydrogen-bond donors (Lipinski definition) is 12. The number of nitrogens with two attached hydrogens (primary N) is 4. The van der Waals surface area contributed by atoms with E-state index in [4.69, 9.17) is 22.9 Å². The van der Waals surface area contributed by atoms with Crippen molar-refractivity contribution in [2.24, 2.45) is 44.3 Å². The van der Waals surface area contributed by atoms with Crippen LogP contribution in [0.1, 0.15) is 150 Å². The van der Waals surface area contributed by atoms with Crippen LogP contribution in [-0.2, 0) is 64.0 Å². The molecule has 92 heavy (non-hydrogen) atoms. The summed E-state index contributed by atoms with van der Waals surface area (Å²) in [7, 11) is 1.40. The lowest BCUT2D eigenvalue weighted by molar-refractivity contribution is -0.149. The van der Waals surface area contributed by atoms with Crippen molar-refractivity contribution >= 4 is 82.9 Å². The highest BCUT2D eigenvalue weighted by molar-refractivity contribution is 6.12. The van der Waals surface area contributed by atoms with Crippen molar-refractivity contribution in [1.29, 1.82) is 0 Å². The Labute approximate surface area is 537 Å². The first-order valence-corrected chi connectivity index (χ1v) is 31.7. The van der Waals surface area contributed by atoms with E-state index in [0.29, 0.717) is 57.1 Å². The molecule has 0 radical (unpaired) electrons. The molecule has 30 nitrogen and oxygen atoms in total. The fourth-order valence-electron chi connectivity index (χ4n) is 11.3. The highest BCUT2D eigenvalue weighted by Crippen LogP contribution is 2.26. The van der Waals surface area contributed by atoms with Gasteiger partial charge in [-0.25, -0.2) is 4.79 Å². The molecule has 0 saturated carbocycles. The predicted octanol–water partition coefficient (Wildman–Crippen LogP) is -0.757. The summed E-state index contributed by atoms with van der Waals surface area (Å²) in [6, 6.07) is -3.94. The molecular weight excluding hydrogens is 1190 g/mol. The van der Waals surface area contributed by atoms with Crippen LogP contribution in [0.3, 0.4) is 0 Å². The molecule has 3 aliphatic rings. The van der Waals surface area contributed by atoms with E-state index >= 15 is 0 Å². The van der Waals surface area contributed by atoms with Gasteiger partial charge in [0.25, 0.3) is 11.8 Å². The summed E-state index contributed by atoms with van der Waals surface area (Å²) < 4.78 is 0. The van der Waals surface area contributed by atoms with Crippen LogP contribution in [0, 0.1) is 11.3 Å². The normalized spacial score (nSPS) is 17.4. The van der Waals surface area contributed by atoms with Gasteiger partial charge in [-0.3, -0.25) is 67.6 Å². The minimum Gasteiger partial charge on any atom is -0.508 e. The Kier molecular flexibility index (Phi) is 30.3. The molecule has 1 aromatic carbocycles. The first-order valence-electron chi connectivity index (χ1n) is 31.7. The lowest BCUT2D eigenvalue weighted by atomic mass is 9.85. The number of likely N-dealkylation sites (tertiary alicyclic amines) is 2. The standard InChI is InChI=1S/C62H98N16O14/c1-37(2)35-44(59(91)92)73-55(87)51(62(4,5)6)74-52(84)43(36-39-23-25-40(80)26-24-39)72-54(86)46-20-15-33-76(46)57(89)42(18-13-30-68-60(63)64)71-53(85)45(19-14-31-69-61(65)66)75(7)58(90)47-21-16-34-77(47)56(88)41(70-38(3)79)17-10-11-29-67-48(81)22-9-8-12-32-78-49(82)27-28-50(78)83/h23-28,37,41-47,51,80H,8-22,29-36H2,1-7H3,(H,67,81)(H,70,79)(H,71,85)(H,72,86)(H,73,87)(H,74,84)(H,91,92)(H4,63,64,68)(H4,65,66,69)/t41-,42-,43-,44-,45-,46-,47-,51+/m0/s1. The second kappa shape index (κ2) is 36.9. The molecule has 8 atom stereocenters. The molecule has 2 fully saturated rings. The van der Waals surface area contributed by atoms with E-state index in [1.165, 1.54) is 53.0 Å². The zero-order chi connectivity index (χ0) is 68.4. The Hall–Kier alpha value is -8.86. The number of imide groups is 1. The van der Waals surface area contributed by atoms with E-state index in [-0.39, 0.29) is 138 Å². The van der Waals surface area contributed by atoms with Gasteiger partial charge in [-0.1, -0.05) is 53.2 Å². The fourth-order valence-corrected chi connectivity index (χ4v) is 11.3. The van der Waals surface area contributed by atoms with Gasteiger partial charge in [0.1, 0.15) is 54.1 Å². The van der Waals surface area contributed by atoms with Gasteiger partial charge >= 0.3 is 5.97 Å². The number of phenols is 1. The number of rotatable bonds is 37. The number of carboxylic acid groups (broad SMARTS) is 1. The Morgan fingerprint density at radius 2 is 1.22 bits per heavy atom. The number of carboxylic acids is 1. The Morgan fingerprint density at radius 3 is 1.78 bits per heavy atom. The molecule has 0 aliphatic carbocycles. The number of amides is 11. The SMILES string of the molecule is CC(=O)N[C@@H](CCCCNC(=O)CCCCCN1C(=O)C=CC1=O)C(=O)N1CCC[C@H]1C(=O)N(C)[C@@H](CCCN=C(N)N)C(=O)N[C@@H](CCCN=C(N)N)C(=O)N1CCC[C@H]1C(=O)N[C@@H](Cc1ccc(O)cc1)C(=O)N[C@H](C(=O)N[C@@H](CC(C)C)C(=O)O)C(C)(C)C. The molecular formula is C62H98N16O14. The topological polar surface area (TPSA) is 459 Å². The third kappa shape index (κ3) is 24.4. The van der Waals surface area contributed by atoms with Crippen molar-refractivity contribution in [3.63, 3.8) is 0 Å². The molecule has 0 spiro atoms. The maximum absolute atomic E-state index is 15.0. The van der Waals surface area contributed by atoms with Crippen LogP contribution in [0.2, 0.25) is 0 Å². The number of likely N-dealkylation sites (N-methyl/N-ethyl adjacent to an activating group) is 1. The van der Waals surface area contributed by atoms with Crippen LogP contribution in [-0.4, -0.2) is 207 Å². The summed E-state index contributed by atoms with van der Waals surface area (Å²) in [5, 5.41) is 36.5. The Balaban J connectivity index is 1.53. The van der Waals surface area contributed by atoms with E-state index < -0.39 is 107 Å². The Bertz CT molecular complexity index is 2830. The number of aliphatic carboxylic acids is 1. The maximum atomic E-state index is 15.0. The van der Waals surface area contributed by atoms with Crippen LogP contribution in [0.15, 0.2) is 46.4 Å². The first kappa shape index (κ1) is 75.6. The van der Waals surface area contributed by atoms with Gasteiger partial charge in [0.05, 0.1) is 0 Å². The Morgan fingerprint density at radius 1 is 0.663 bits per heavy atom. The van der Waals surface area contributed by atoms with Crippen molar-refractivity contribution in [3.8, 4) is 5.75 Å². The zero-order valence-corrected chi connectivity index (χ0v) is 54.2. The van der Waals surface area contributed by atoms with Gasteiger partial charge < -0.3 is 79.7 Å². The summed E-state index contributed by atoms with van der Waals surface area (Å²) in [4.78, 5) is 176. The minimum absolute atomic E-state index is 0.0263. The molecule has 30 heteroatoms. The number of carbonyl (C=O) groups excluding carboxylic acids is 11. The average Bonchev–Trinajstić information content (AvgIpc) is 1.53. The number of unbranched alkanes of at least 4 members (excludes halogenated alkanes) is 3. The third-order valence-electron chi connectivity index (χ3n) is 16.1. The molecule has 4 rings (SSSR count). The molecule has 2 saturated heterocycles. The molecule has 0 bridgehead atoms. The molecule has 3 heterocycles. The van der Waals surface area contributed by atoms with Crippen LogP contribution in [0.4, 0.5) is 0 Å². The third-order valence-corrected chi connectivity index (χ3v) is 16.1. The van der Waals surface area contributed by atoms with Crippen molar-refractivity contribution in [2.45, 2.75) is 199 Å². The molecule has 16 N–H and O–H groups in total. The second-order valence-corrected chi connectivity index (χ2v) is 25.1. The number of nitrogens with one attached hydrogen (secondary N) is 6. The monoisotopic (exact) mass is 1290 g/mol. The number of guanidine groups is 2. The summed E-state index contributed by atoms with van der Waals surface area (Å²) in [6.45, 7) is 10.8. The lowest BCUT2D eigenvalue weighted by Gasteiger charge is -2.35. The van der Waals surface area contributed by atoms with E-state index in [1.807, 2.05) is 0 Å². The van der Waals surface area contributed by atoms with Crippen LogP contribution in [0.25, 0.3) is 0 Å². The van der Waals surface area contributed by atoms with Gasteiger partial charge in [0.15, 0.2) is 11.9 Å². The number of aliphatic imine (C=N–C) groups is 2. The first-order chi connectivity index (χ1) is 43.4. The largest absolute Gasteiger partial charge is 0.508 e. The van der Waals surface area contributed by atoms with Gasteiger partial charge in [-0.2, -0.15) is 0 Å². The van der Waals surface area contributed by atoms with Gasteiger partial charge in [0, 0.05) is 78.2 Å². The van der Waals surface area contributed by atoms with Crippen LogP contribution < -0.4 is 54.8 Å². The summed E-state index contributed by atoms with van der Waals surface area (Å²) in [5.74, 6) is -8.07. The van der Waals surface area contributed by atoms with Crippen LogP contribution >= 0.6 is 0 Å². The number of phenolic OH excluding ortho intramolecular Hbond substituents is 1. The number of benzene rings is 1. The molecule has 0 unspecified atom stereocenters. The van der Waals surface area contributed by atoms with Crippen molar-refractivity contribution < 1.29 is 67.7 Å². The smallest absolute Gasteiger partial charge is 0.326 e. The van der Waals surface area contributed by atoms with Crippen molar-refractivity contribution in [1.82, 2.24) is 51.5 Å². The van der Waals surface area contributed by atoms with E-state index in [9.17, 15) is 67.7 Å². The number of hydrogen-bond acceptors (Lipinski definition) is 15. The second-order valence-electron chi connectivity index (χ2n) is 25.1. The van der Waals surface area contributed by atoms with Gasteiger partial charge in [-0.15, -0.1) is 0 Å². The lowest BCUT2D eigenvalue weighted by Crippen LogP contribution is -2.61. The number of nitrogens with zero attached hydrogens (tertiary/aromatic N) is 6. The summed E-state index contributed by atoms with van der Waals surface area (Å²) >= 11 is 0. The molecule has 0 aromatic heterocycles. The zero-order valence-electron chi connectivity index (χ0n) is 54.2. The fraction of sp³-hybridized carbons (Fsp3) is 0.645. The molecule has 510 valence electrons.